The zero-order valence-electron chi connectivity index (χ0n) is 7.32. The lowest BCUT2D eigenvalue weighted by molar-refractivity contribution is -0.308. The predicted molar refractivity (Wildman–Crippen MR) is 46.4 cm³/mol. The number of fused-ring (bicyclic) bond motifs is 1. The van der Waals surface area contributed by atoms with Crippen molar-refractivity contribution in [2.24, 2.45) is 0 Å². The van der Waals surface area contributed by atoms with Crippen molar-refractivity contribution in [2.75, 3.05) is 0 Å². The zero-order valence-corrected chi connectivity index (χ0v) is 7.32. The van der Waals surface area contributed by atoms with Crippen LogP contribution in [0.4, 0.5) is 0 Å². The number of hydrogen-bond donors (Lipinski definition) is 1. The van der Waals surface area contributed by atoms with Crippen molar-refractivity contribution in [3.8, 4) is 0 Å². The van der Waals surface area contributed by atoms with E-state index in [1.54, 1.807) is 24.3 Å². The summed E-state index contributed by atoms with van der Waals surface area (Å²) >= 11 is 0. The van der Waals surface area contributed by atoms with Crippen molar-refractivity contribution < 1.29 is 14.7 Å². The van der Waals surface area contributed by atoms with Crippen LogP contribution in [0.3, 0.4) is 0 Å². The molecule has 2 rings (SSSR count). The van der Waals surface area contributed by atoms with Crippen LogP contribution in [-0.2, 0) is 11.2 Å². The van der Waals surface area contributed by atoms with Crippen LogP contribution in [0.5, 0.6) is 0 Å². The van der Waals surface area contributed by atoms with Crippen molar-refractivity contribution in [3.05, 3.63) is 35.4 Å². The molecular weight excluding hydrogens is 182 g/mol. The standard InChI is InChI=1S/C10H9NO3/c12-9-7-4-2-1-3-6(7)5-8(11-9)10(13)14/h1-4,8H,5H2,(H,11,12)(H,13,14)/p-1/t8-/m1/s1. The first kappa shape index (κ1) is 8.74. The normalized spacial score (nSPS) is 19.7. The Balaban J connectivity index is 2.38. The van der Waals surface area contributed by atoms with Gasteiger partial charge in [0.05, 0.1) is 12.0 Å². The number of benzene rings is 1. The quantitative estimate of drug-likeness (QED) is 0.623. The fraction of sp³-hybridized carbons (Fsp3) is 0.200. The molecule has 0 radical (unpaired) electrons. The van der Waals surface area contributed by atoms with Crippen molar-refractivity contribution in [1.29, 1.82) is 0 Å². The molecule has 72 valence electrons. The number of rotatable bonds is 1. The molecule has 1 amide bonds. The third kappa shape index (κ3) is 1.35. The Kier molecular flexibility index (Phi) is 1.96. The molecule has 1 atom stereocenters. The summed E-state index contributed by atoms with van der Waals surface area (Å²) < 4.78 is 0. The summed E-state index contributed by atoms with van der Waals surface area (Å²) in [6.07, 6.45) is 0.296. The van der Waals surface area contributed by atoms with Gasteiger partial charge in [-0.05, 0) is 18.1 Å². The van der Waals surface area contributed by atoms with Gasteiger partial charge in [0.15, 0.2) is 0 Å². The molecule has 0 aromatic heterocycles. The van der Waals surface area contributed by atoms with E-state index in [9.17, 15) is 14.7 Å². The maximum atomic E-state index is 11.4. The fourth-order valence-electron chi connectivity index (χ4n) is 1.57. The predicted octanol–water partition coefficient (Wildman–Crippen LogP) is -0.909. The lowest BCUT2D eigenvalue weighted by atomic mass is 9.95. The van der Waals surface area contributed by atoms with Crippen LogP contribution in [0.25, 0.3) is 0 Å². The highest BCUT2D eigenvalue weighted by Crippen LogP contribution is 2.15. The molecule has 1 aromatic rings. The van der Waals surface area contributed by atoms with Crippen molar-refractivity contribution in [2.45, 2.75) is 12.5 Å². The summed E-state index contributed by atoms with van der Waals surface area (Å²) in [4.78, 5) is 22.0. The number of carboxylic acid groups (broad SMARTS) is 1. The molecule has 0 fully saturated rings. The highest BCUT2D eigenvalue weighted by atomic mass is 16.4. The van der Waals surface area contributed by atoms with Gasteiger partial charge in [-0.1, -0.05) is 18.2 Å². The molecule has 1 aliphatic heterocycles. The molecule has 0 spiro atoms. The van der Waals surface area contributed by atoms with Crippen LogP contribution < -0.4 is 10.4 Å². The molecule has 1 N–H and O–H groups in total. The number of amides is 1. The SMILES string of the molecule is O=C1N[C@@H](C(=O)[O-])Cc2ccccc21. The minimum Gasteiger partial charge on any atom is -0.548 e. The van der Waals surface area contributed by atoms with Crippen LogP contribution in [0.2, 0.25) is 0 Å². The molecule has 0 aliphatic carbocycles. The van der Waals surface area contributed by atoms with Gasteiger partial charge in [-0.25, -0.2) is 0 Å². The van der Waals surface area contributed by atoms with Gasteiger partial charge >= 0.3 is 0 Å². The van der Waals surface area contributed by atoms with Gasteiger partial charge in [0.25, 0.3) is 5.91 Å². The molecule has 0 saturated heterocycles. The lowest BCUT2D eigenvalue weighted by Gasteiger charge is -2.25. The number of carboxylic acids is 1. The number of aliphatic carboxylic acids is 1. The molecule has 14 heavy (non-hydrogen) atoms. The molecule has 1 aromatic carbocycles. The van der Waals surface area contributed by atoms with Gasteiger partial charge in [0, 0.05) is 5.56 Å². The first-order chi connectivity index (χ1) is 6.68. The Morgan fingerprint density at radius 1 is 1.43 bits per heavy atom. The molecule has 1 heterocycles. The number of carbonyl (C=O) groups excluding carboxylic acids is 2. The second-order valence-electron chi connectivity index (χ2n) is 3.21. The summed E-state index contributed by atoms with van der Waals surface area (Å²) in [6.45, 7) is 0. The third-order valence-corrected chi connectivity index (χ3v) is 2.28. The summed E-state index contributed by atoms with van der Waals surface area (Å²) in [7, 11) is 0. The molecule has 4 heteroatoms. The Morgan fingerprint density at radius 2 is 2.14 bits per heavy atom. The van der Waals surface area contributed by atoms with Gasteiger partial charge in [-0.2, -0.15) is 0 Å². The van der Waals surface area contributed by atoms with Crippen LogP contribution in [0.1, 0.15) is 15.9 Å². The van der Waals surface area contributed by atoms with Crippen molar-refractivity contribution >= 4 is 11.9 Å². The van der Waals surface area contributed by atoms with E-state index in [2.05, 4.69) is 5.32 Å². The number of nitrogens with one attached hydrogen (secondary N) is 1. The van der Waals surface area contributed by atoms with Gasteiger partial charge in [-0.15, -0.1) is 0 Å². The second kappa shape index (κ2) is 3.14. The van der Waals surface area contributed by atoms with Crippen LogP contribution in [-0.4, -0.2) is 17.9 Å². The number of hydrogen-bond acceptors (Lipinski definition) is 3. The molecule has 0 bridgehead atoms. The maximum absolute atomic E-state index is 11.4. The summed E-state index contributed by atoms with van der Waals surface area (Å²) in [6, 6.07) is 6.05. The van der Waals surface area contributed by atoms with E-state index in [0.29, 0.717) is 12.0 Å². The average Bonchev–Trinajstić information content (AvgIpc) is 2.17. The maximum Gasteiger partial charge on any atom is 0.252 e. The largest absolute Gasteiger partial charge is 0.548 e. The molecule has 0 unspecified atom stereocenters. The van der Waals surface area contributed by atoms with Crippen molar-refractivity contribution in [1.82, 2.24) is 5.32 Å². The number of carbonyl (C=O) groups is 2. The second-order valence-corrected chi connectivity index (χ2v) is 3.21. The lowest BCUT2D eigenvalue weighted by Crippen LogP contribution is -2.51. The van der Waals surface area contributed by atoms with E-state index in [-0.39, 0.29) is 5.91 Å². The summed E-state index contributed by atoms with van der Waals surface area (Å²) in [5.74, 6) is -1.59. The Hall–Kier alpha value is -1.84. The highest BCUT2D eigenvalue weighted by Gasteiger charge is 2.23. The minimum absolute atomic E-state index is 0.296. The Morgan fingerprint density at radius 3 is 2.86 bits per heavy atom. The zero-order chi connectivity index (χ0) is 10.1. The van der Waals surface area contributed by atoms with Gasteiger partial charge in [-0.3, -0.25) is 4.79 Å². The fourth-order valence-corrected chi connectivity index (χ4v) is 1.57. The molecule has 4 nitrogen and oxygen atoms in total. The van der Waals surface area contributed by atoms with Crippen LogP contribution in [0.15, 0.2) is 24.3 Å². The van der Waals surface area contributed by atoms with Crippen LogP contribution >= 0.6 is 0 Å². The van der Waals surface area contributed by atoms with E-state index in [1.807, 2.05) is 0 Å². The molecule has 0 saturated carbocycles. The first-order valence-corrected chi connectivity index (χ1v) is 4.28. The highest BCUT2D eigenvalue weighted by molar-refractivity contribution is 5.99. The summed E-state index contributed by atoms with van der Waals surface area (Å²) in [5.41, 5.74) is 1.30. The minimum atomic E-state index is -1.24. The topological polar surface area (TPSA) is 69.2 Å². The van der Waals surface area contributed by atoms with Gasteiger partial charge < -0.3 is 15.2 Å². The van der Waals surface area contributed by atoms with E-state index in [4.69, 9.17) is 0 Å². The first-order valence-electron chi connectivity index (χ1n) is 4.28. The third-order valence-electron chi connectivity index (χ3n) is 2.28. The smallest absolute Gasteiger partial charge is 0.252 e. The average molecular weight is 190 g/mol. The summed E-state index contributed by atoms with van der Waals surface area (Å²) in [5, 5.41) is 13.0. The van der Waals surface area contributed by atoms with Crippen molar-refractivity contribution in [3.63, 3.8) is 0 Å². The Bertz CT molecular complexity index is 400. The van der Waals surface area contributed by atoms with Gasteiger partial charge in [0.1, 0.15) is 0 Å². The molecule has 1 aliphatic rings. The van der Waals surface area contributed by atoms with Crippen LogP contribution in [0, 0.1) is 0 Å². The van der Waals surface area contributed by atoms with Gasteiger partial charge in [0.2, 0.25) is 0 Å². The Labute approximate surface area is 80.6 Å². The molecular formula is C10H8NO3-. The monoisotopic (exact) mass is 190 g/mol. The van der Waals surface area contributed by atoms with E-state index >= 15 is 0 Å². The van der Waals surface area contributed by atoms with E-state index in [1.165, 1.54) is 0 Å². The van der Waals surface area contributed by atoms with E-state index < -0.39 is 12.0 Å². The van der Waals surface area contributed by atoms with E-state index in [0.717, 1.165) is 5.56 Å².